The summed E-state index contributed by atoms with van der Waals surface area (Å²) in [5, 5.41) is 9.92. The number of likely N-dealkylation sites (N-methyl/N-ethyl adjacent to an activating group) is 1. The number of phenols is 1. The van der Waals surface area contributed by atoms with E-state index in [1.807, 2.05) is 6.07 Å². The molecule has 1 saturated heterocycles. The summed E-state index contributed by atoms with van der Waals surface area (Å²) in [7, 11) is 0. The molecular formula is C20H28N2O3. The van der Waals surface area contributed by atoms with Gasteiger partial charge in [-0.15, -0.1) is 0 Å². The Hall–Kier alpha value is -1.88. The van der Waals surface area contributed by atoms with Crippen LogP contribution in [0.3, 0.4) is 0 Å². The number of hydrogen-bond donors (Lipinski definition) is 1. The van der Waals surface area contributed by atoms with E-state index in [9.17, 15) is 14.7 Å². The molecule has 1 aromatic carbocycles. The van der Waals surface area contributed by atoms with Crippen LogP contribution in [-0.4, -0.2) is 52.4 Å². The molecule has 136 valence electrons. The molecule has 3 rings (SSSR count). The molecule has 0 bridgehead atoms. The number of imide groups is 1. The molecule has 0 aromatic heterocycles. The zero-order chi connectivity index (χ0) is 18.2. The number of aromatic hydroxyl groups is 1. The molecule has 1 fully saturated rings. The molecule has 1 N–H and O–H groups in total. The summed E-state index contributed by atoms with van der Waals surface area (Å²) < 4.78 is 0. The first-order valence-corrected chi connectivity index (χ1v) is 9.34. The van der Waals surface area contributed by atoms with Crippen molar-refractivity contribution in [3.63, 3.8) is 0 Å². The van der Waals surface area contributed by atoms with E-state index >= 15 is 0 Å². The van der Waals surface area contributed by atoms with Crippen LogP contribution < -0.4 is 0 Å². The predicted octanol–water partition coefficient (Wildman–Crippen LogP) is 2.46. The summed E-state index contributed by atoms with van der Waals surface area (Å²) in [6, 6.07) is 5.39. The average Bonchev–Trinajstić information content (AvgIpc) is 2.82. The lowest BCUT2D eigenvalue weighted by molar-refractivity contribution is -0.141. The van der Waals surface area contributed by atoms with Crippen molar-refractivity contribution in [2.24, 2.45) is 0 Å². The highest BCUT2D eigenvalue weighted by molar-refractivity contribution is 6.09. The van der Waals surface area contributed by atoms with Gasteiger partial charge in [-0.25, -0.2) is 0 Å². The number of amides is 2. The van der Waals surface area contributed by atoms with Gasteiger partial charge in [0.2, 0.25) is 11.8 Å². The number of rotatable bonds is 5. The van der Waals surface area contributed by atoms with Gasteiger partial charge in [-0.1, -0.05) is 19.9 Å². The second kappa shape index (κ2) is 6.79. The van der Waals surface area contributed by atoms with Gasteiger partial charge >= 0.3 is 0 Å². The van der Waals surface area contributed by atoms with E-state index in [2.05, 4.69) is 25.7 Å². The van der Waals surface area contributed by atoms with Gasteiger partial charge < -0.3 is 5.11 Å². The Bertz CT molecular complexity index is 684. The molecule has 2 atom stereocenters. The van der Waals surface area contributed by atoms with Crippen LogP contribution in [0.25, 0.3) is 0 Å². The minimum absolute atomic E-state index is 0.0805. The Balaban J connectivity index is 1.91. The van der Waals surface area contributed by atoms with Crippen LogP contribution in [0.1, 0.15) is 51.2 Å². The molecular weight excluding hydrogens is 316 g/mol. The maximum absolute atomic E-state index is 13.3. The average molecular weight is 344 g/mol. The Morgan fingerprint density at radius 3 is 2.68 bits per heavy atom. The molecule has 2 aliphatic rings. The normalized spacial score (nSPS) is 24.2. The topological polar surface area (TPSA) is 60.9 Å². The van der Waals surface area contributed by atoms with E-state index in [1.54, 1.807) is 12.1 Å². The van der Waals surface area contributed by atoms with Gasteiger partial charge in [0, 0.05) is 19.0 Å². The first kappa shape index (κ1) is 17.9. The second-order valence-electron chi connectivity index (χ2n) is 7.33. The summed E-state index contributed by atoms with van der Waals surface area (Å²) in [4.78, 5) is 29.7. The summed E-state index contributed by atoms with van der Waals surface area (Å²) in [6.45, 7) is 8.49. The van der Waals surface area contributed by atoms with E-state index in [4.69, 9.17) is 0 Å². The van der Waals surface area contributed by atoms with Crippen LogP contribution >= 0.6 is 0 Å². The molecule has 5 heteroatoms. The van der Waals surface area contributed by atoms with Crippen LogP contribution in [-0.2, 0) is 21.4 Å². The number of benzene rings is 1. The third-order valence-corrected chi connectivity index (χ3v) is 5.95. The minimum Gasteiger partial charge on any atom is -0.508 e. The molecule has 0 radical (unpaired) electrons. The van der Waals surface area contributed by atoms with Crippen molar-refractivity contribution in [2.45, 2.75) is 57.9 Å². The molecule has 1 aromatic rings. The van der Waals surface area contributed by atoms with Crippen LogP contribution in [0.2, 0.25) is 0 Å². The SMILES string of the molecule is CCN(CC)C(C)CN1C(=O)CC2(CCCc3ccc(O)cc32)C1=O. The van der Waals surface area contributed by atoms with Gasteiger partial charge in [0.15, 0.2) is 0 Å². The number of fused-ring (bicyclic) bond motifs is 2. The Morgan fingerprint density at radius 1 is 1.28 bits per heavy atom. The number of aryl methyl sites for hydroxylation is 1. The van der Waals surface area contributed by atoms with Crippen molar-refractivity contribution >= 4 is 11.8 Å². The van der Waals surface area contributed by atoms with Crippen LogP contribution in [0.15, 0.2) is 18.2 Å². The van der Waals surface area contributed by atoms with E-state index in [-0.39, 0.29) is 30.0 Å². The molecule has 5 nitrogen and oxygen atoms in total. The van der Waals surface area contributed by atoms with E-state index in [0.717, 1.165) is 37.1 Å². The number of phenolic OH excluding ortho intramolecular Hbond substituents is 1. The van der Waals surface area contributed by atoms with Gasteiger partial charge in [-0.05, 0) is 62.5 Å². The van der Waals surface area contributed by atoms with Gasteiger partial charge in [-0.2, -0.15) is 0 Å². The first-order chi connectivity index (χ1) is 11.9. The fourth-order valence-corrected chi connectivity index (χ4v) is 4.56. The highest BCUT2D eigenvalue weighted by Gasteiger charge is 2.54. The highest BCUT2D eigenvalue weighted by atomic mass is 16.3. The van der Waals surface area contributed by atoms with E-state index in [1.165, 1.54) is 4.90 Å². The number of likely N-dealkylation sites (tertiary alicyclic amines) is 1. The number of nitrogens with zero attached hydrogens (tertiary/aromatic N) is 2. The zero-order valence-corrected chi connectivity index (χ0v) is 15.4. The smallest absolute Gasteiger partial charge is 0.240 e. The third-order valence-electron chi connectivity index (χ3n) is 5.95. The highest BCUT2D eigenvalue weighted by Crippen LogP contribution is 2.46. The molecule has 2 unspecified atom stereocenters. The lowest BCUT2D eigenvalue weighted by Crippen LogP contribution is -2.47. The number of hydrogen-bond acceptors (Lipinski definition) is 4. The van der Waals surface area contributed by atoms with Crippen LogP contribution in [0.5, 0.6) is 5.75 Å². The second-order valence-corrected chi connectivity index (χ2v) is 7.33. The maximum Gasteiger partial charge on any atom is 0.240 e. The summed E-state index contributed by atoms with van der Waals surface area (Å²) in [5.74, 6) is -0.00140. The summed E-state index contributed by atoms with van der Waals surface area (Å²) >= 11 is 0. The Kier molecular flexibility index (Phi) is 4.87. The van der Waals surface area contributed by atoms with Crippen LogP contribution in [0, 0.1) is 0 Å². The lowest BCUT2D eigenvalue weighted by atomic mass is 9.69. The van der Waals surface area contributed by atoms with Crippen molar-refractivity contribution in [3.05, 3.63) is 29.3 Å². The lowest BCUT2D eigenvalue weighted by Gasteiger charge is -2.34. The van der Waals surface area contributed by atoms with Crippen LogP contribution in [0.4, 0.5) is 0 Å². The number of carbonyl (C=O) groups excluding carboxylic acids is 2. The fraction of sp³-hybridized carbons (Fsp3) is 0.600. The van der Waals surface area contributed by atoms with Crippen molar-refractivity contribution in [1.82, 2.24) is 9.80 Å². The maximum atomic E-state index is 13.3. The monoisotopic (exact) mass is 344 g/mol. The van der Waals surface area contributed by atoms with E-state index in [0.29, 0.717) is 13.0 Å². The van der Waals surface area contributed by atoms with Gasteiger partial charge in [-0.3, -0.25) is 19.4 Å². The minimum atomic E-state index is -0.771. The van der Waals surface area contributed by atoms with Gasteiger partial charge in [0.25, 0.3) is 0 Å². The van der Waals surface area contributed by atoms with Crippen molar-refractivity contribution in [2.75, 3.05) is 19.6 Å². The molecule has 1 aliphatic carbocycles. The van der Waals surface area contributed by atoms with Crippen molar-refractivity contribution in [3.8, 4) is 5.75 Å². The Labute approximate surface area is 149 Å². The standard InChI is InChI=1S/C20H28N2O3/c1-4-21(5-2)14(3)13-22-18(24)12-20(19(22)25)10-6-7-15-8-9-16(23)11-17(15)20/h8-9,11,14,23H,4-7,10,12-13H2,1-3H3. The molecule has 2 amide bonds. The predicted molar refractivity (Wildman–Crippen MR) is 96.4 cm³/mol. The van der Waals surface area contributed by atoms with Gasteiger partial charge in [0.05, 0.1) is 5.41 Å². The first-order valence-electron chi connectivity index (χ1n) is 9.34. The number of carbonyl (C=O) groups is 2. The van der Waals surface area contributed by atoms with Crippen molar-refractivity contribution in [1.29, 1.82) is 0 Å². The Morgan fingerprint density at radius 2 is 2.00 bits per heavy atom. The van der Waals surface area contributed by atoms with E-state index < -0.39 is 5.41 Å². The molecule has 1 heterocycles. The summed E-state index contributed by atoms with van der Waals surface area (Å²) in [5.41, 5.74) is 1.17. The fourth-order valence-electron chi connectivity index (χ4n) is 4.56. The third kappa shape index (κ3) is 2.95. The van der Waals surface area contributed by atoms with Gasteiger partial charge in [0.1, 0.15) is 5.75 Å². The zero-order valence-electron chi connectivity index (χ0n) is 15.4. The molecule has 25 heavy (non-hydrogen) atoms. The molecule has 0 saturated carbocycles. The largest absolute Gasteiger partial charge is 0.508 e. The quantitative estimate of drug-likeness (QED) is 0.834. The molecule has 1 aliphatic heterocycles. The molecule has 1 spiro atoms. The summed E-state index contributed by atoms with van der Waals surface area (Å²) in [6.07, 6.45) is 2.71. The van der Waals surface area contributed by atoms with Crippen molar-refractivity contribution < 1.29 is 14.7 Å².